The maximum Gasteiger partial charge on any atom is 0.217 e. The van der Waals surface area contributed by atoms with Gasteiger partial charge in [0.25, 0.3) is 0 Å². The number of rotatable bonds is 8. The van der Waals surface area contributed by atoms with E-state index in [9.17, 15) is 4.79 Å². The Morgan fingerprint density at radius 2 is 2.04 bits per heavy atom. The average Bonchev–Trinajstić information content (AvgIpc) is 2.51. The van der Waals surface area contributed by atoms with E-state index in [2.05, 4.69) is 49.2 Å². The van der Waals surface area contributed by atoms with Gasteiger partial charge in [-0.05, 0) is 55.5 Å². The molecule has 3 nitrogen and oxygen atoms in total. The summed E-state index contributed by atoms with van der Waals surface area (Å²) < 4.78 is 0. The van der Waals surface area contributed by atoms with Crippen LogP contribution < -0.4 is 5.73 Å². The van der Waals surface area contributed by atoms with Crippen LogP contribution in [-0.2, 0) is 4.79 Å². The summed E-state index contributed by atoms with van der Waals surface area (Å²) in [6.45, 7) is 6.86. The molecule has 2 N–H and O–H groups in total. The maximum absolute atomic E-state index is 10.6. The standard InChI is InChI=1S/C20H26N2O/c1-4-7-18(13-15-22-14-6-10-20(21)23)11-12-19-9-5-8-16(2)17(19)3/h4-5,7-9,11-13,15H,6,10,14H2,1-3H3,(H2,21,23)/b7-4-,12-11+,18-13+,22-15?. The van der Waals surface area contributed by atoms with Gasteiger partial charge in [0.15, 0.2) is 0 Å². The molecule has 0 radical (unpaired) electrons. The number of hydrogen-bond acceptors (Lipinski definition) is 2. The highest BCUT2D eigenvalue weighted by Crippen LogP contribution is 2.15. The topological polar surface area (TPSA) is 55.4 Å². The largest absolute Gasteiger partial charge is 0.370 e. The fourth-order valence-corrected chi connectivity index (χ4v) is 2.06. The molecule has 0 atom stereocenters. The van der Waals surface area contributed by atoms with Gasteiger partial charge in [-0.1, -0.05) is 42.5 Å². The Hall–Kier alpha value is -2.42. The van der Waals surface area contributed by atoms with E-state index in [0.717, 1.165) is 5.57 Å². The maximum atomic E-state index is 10.6. The van der Waals surface area contributed by atoms with Crippen molar-refractivity contribution in [2.45, 2.75) is 33.6 Å². The van der Waals surface area contributed by atoms with Gasteiger partial charge in [0.1, 0.15) is 0 Å². The van der Waals surface area contributed by atoms with Gasteiger partial charge in [0, 0.05) is 19.2 Å². The zero-order valence-corrected chi connectivity index (χ0v) is 14.3. The number of primary amides is 1. The number of allylic oxidation sites excluding steroid dienone is 5. The molecule has 1 amide bonds. The first-order chi connectivity index (χ1) is 11.0. The molecule has 1 aromatic carbocycles. The van der Waals surface area contributed by atoms with Crippen molar-refractivity contribution in [2.24, 2.45) is 10.7 Å². The molecule has 0 aliphatic rings. The van der Waals surface area contributed by atoms with Crippen molar-refractivity contribution in [2.75, 3.05) is 6.54 Å². The van der Waals surface area contributed by atoms with E-state index in [0.29, 0.717) is 19.4 Å². The lowest BCUT2D eigenvalue weighted by Crippen LogP contribution is -2.10. The lowest BCUT2D eigenvalue weighted by Gasteiger charge is -2.03. The van der Waals surface area contributed by atoms with Crippen LogP contribution in [0.5, 0.6) is 0 Å². The lowest BCUT2D eigenvalue weighted by molar-refractivity contribution is -0.118. The second-order valence-corrected chi connectivity index (χ2v) is 5.41. The van der Waals surface area contributed by atoms with Gasteiger partial charge in [0.2, 0.25) is 5.91 Å². The van der Waals surface area contributed by atoms with Gasteiger partial charge in [-0.3, -0.25) is 9.79 Å². The van der Waals surface area contributed by atoms with Crippen LogP contribution in [0.15, 0.2) is 53.1 Å². The smallest absolute Gasteiger partial charge is 0.217 e. The summed E-state index contributed by atoms with van der Waals surface area (Å²) in [4.78, 5) is 14.9. The zero-order chi connectivity index (χ0) is 17.1. The van der Waals surface area contributed by atoms with Crippen molar-refractivity contribution in [1.82, 2.24) is 0 Å². The summed E-state index contributed by atoms with van der Waals surface area (Å²) in [6.07, 6.45) is 13.1. The minimum atomic E-state index is -0.276. The predicted octanol–water partition coefficient (Wildman–Crippen LogP) is 4.16. The number of aliphatic imine (C=N–C) groups is 1. The SMILES string of the molecule is C\C=C/C(/C=C/c1cccc(C)c1C)=C\C=NCCCC(N)=O. The van der Waals surface area contributed by atoms with Crippen LogP contribution >= 0.6 is 0 Å². The number of nitrogens with zero attached hydrogens (tertiary/aromatic N) is 1. The first-order valence-corrected chi connectivity index (χ1v) is 7.90. The summed E-state index contributed by atoms with van der Waals surface area (Å²) in [7, 11) is 0. The van der Waals surface area contributed by atoms with Gasteiger partial charge >= 0.3 is 0 Å². The third-order valence-electron chi connectivity index (χ3n) is 3.54. The van der Waals surface area contributed by atoms with Gasteiger partial charge < -0.3 is 5.73 Å². The Morgan fingerprint density at radius 1 is 1.26 bits per heavy atom. The van der Waals surface area contributed by atoms with E-state index in [1.54, 1.807) is 6.21 Å². The summed E-state index contributed by atoms with van der Waals surface area (Å²) in [5.74, 6) is -0.276. The molecule has 122 valence electrons. The molecule has 1 aromatic rings. The highest BCUT2D eigenvalue weighted by atomic mass is 16.1. The minimum absolute atomic E-state index is 0.276. The molecule has 0 aliphatic carbocycles. The molecule has 0 aliphatic heterocycles. The molecule has 0 unspecified atom stereocenters. The Balaban J connectivity index is 2.72. The van der Waals surface area contributed by atoms with Crippen molar-refractivity contribution >= 4 is 18.2 Å². The molecule has 0 bridgehead atoms. The average molecular weight is 310 g/mol. The summed E-state index contributed by atoms with van der Waals surface area (Å²) in [5, 5.41) is 0. The number of hydrogen-bond donors (Lipinski definition) is 1. The van der Waals surface area contributed by atoms with Crippen molar-refractivity contribution in [3.63, 3.8) is 0 Å². The molecular formula is C20H26N2O. The van der Waals surface area contributed by atoms with Crippen LogP contribution in [0.3, 0.4) is 0 Å². The highest BCUT2D eigenvalue weighted by Gasteiger charge is 1.96. The Bertz CT molecular complexity index is 637. The van der Waals surface area contributed by atoms with E-state index >= 15 is 0 Å². The summed E-state index contributed by atoms with van der Waals surface area (Å²) >= 11 is 0. The summed E-state index contributed by atoms with van der Waals surface area (Å²) in [5.41, 5.74) is 9.98. The third kappa shape index (κ3) is 7.41. The number of carbonyl (C=O) groups excluding carboxylic acids is 1. The van der Waals surface area contributed by atoms with E-state index in [1.165, 1.54) is 16.7 Å². The van der Waals surface area contributed by atoms with Gasteiger partial charge in [0.05, 0.1) is 0 Å². The summed E-state index contributed by atoms with van der Waals surface area (Å²) in [6, 6.07) is 6.30. The van der Waals surface area contributed by atoms with E-state index in [1.807, 2.05) is 25.2 Å². The van der Waals surface area contributed by atoms with Crippen LogP contribution in [0, 0.1) is 13.8 Å². The van der Waals surface area contributed by atoms with Crippen LogP contribution in [0.25, 0.3) is 6.08 Å². The number of amides is 1. The number of aryl methyl sites for hydroxylation is 1. The first-order valence-electron chi connectivity index (χ1n) is 7.90. The molecular weight excluding hydrogens is 284 g/mol. The van der Waals surface area contributed by atoms with Gasteiger partial charge in [-0.15, -0.1) is 0 Å². The third-order valence-corrected chi connectivity index (χ3v) is 3.54. The molecule has 0 aromatic heterocycles. The van der Waals surface area contributed by atoms with Crippen molar-refractivity contribution in [3.05, 3.63) is 64.8 Å². The molecule has 0 spiro atoms. The normalized spacial score (nSPS) is 12.7. The molecule has 0 saturated carbocycles. The predicted molar refractivity (Wildman–Crippen MR) is 99.6 cm³/mol. The molecule has 0 fully saturated rings. The quantitative estimate of drug-likeness (QED) is 0.437. The second-order valence-electron chi connectivity index (χ2n) is 5.41. The van der Waals surface area contributed by atoms with E-state index in [4.69, 9.17) is 5.73 Å². The fraction of sp³-hybridized carbons (Fsp3) is 0.300. The van der Waals surface area contributed by atoms with Crippen LogP contribution in [0.2, 0.25) is 0 Å². The van der Waals surface area contributed by atoms with Gasteiger partial charge in [-0.25, -0.2) is 0 Å². The van der Waals surface area contributed by atoms with Crippen molar-refractivity contribution in [1.29, 1.82) is 0 Å². The van der Waals surface area contributed by atoms with Crippen LogP contribution in [0.4, 0.5) is 0 Å². The van der Waals surface area contributed by atoms with Crippen molar-refractivity contribution in [3.8, 4) is 0 Å². The Labute approximate surface area is 139 Å². The monoisotopic (exact) mass is 310 g/mol. The van der Waals surface area contributed by atoms with Crippen molar-refractivity contribution < 1.29 is 4.79 Å². The molecule has 23 heavy (non-hydrogen) atoms. The van der Waals surface area contributed by atoms with E-state index in [-0.39, 0.29) is 5.91 Å². The number of benzene rings is 1. The Kier molecular flexibility index (Phi) is 8.37. The highest BCUT2D eigenvalue weighted by molar-refractivity contribution is 5.75. The van der Waals surface area contributed by atoms with E-state index < -0.39 is 0 Å². The zero-order valence-electron chi connectivity index (χ0n) is 14.3. The number of nitrogens with two attached hydrogens (primary N) is 1. The lowest BCUT2D eigenvalue weighted by atomic mass is 10.0. The first kappa shape index (κ1) is 18.6. The fourth-order valence-electron chi connectivity index (χ4n) is 2.06. The van der Waals surface area contributed by atoms with Crippen LogP contribution in [0.1, 0.15) is 36.5 Å². The second kappa shape index (κ2) is 10.3. The molecule has 3 heteroatoms. The minimum Gasteiger partial charge on any atom is -0.370 e. The van der Waals surface area contributed by atoms with Gasteiger partial charge in [-0.2, -0.15) is 0 Å². The Morgan fingerprint density at radius 3 is 2.74 bits per heavy atom. The molecule has 1 rings (SSSR count). The molecule has 0 heterocycles. The number of carbonyl (C=O) groups is 1. The van der Waals surface area contributed by atoms with Crippen LogP contribution in [-0.4, -0.2) is 18.7 Å². The molecule has 0 saturated heterocycles.